The Kier molecular flexibility index (Phi) is 3.68. The number of rotatable bonds is 4. The molecule has 0 bridgehead atoms. The van der Waals surface area contributed by atoms with Gasteiger partial charge in [-0.3, -0.25) is 9.59 Å². The lowest BCUT2D eigenvalue weighted by molar-refractivity contribution is -0.138. The van der Waals surface area contributed by atoms with Crippen LogP contribution in [0.5, 0.6) is 0 Å². The molecule has 0 fully saturated rings. The molecule has 0 heterocycles. The average molecular weight is 208 g/mol. The topological polar surface area (TPSA) is 81.4 Å². The van der Waals surface area contributed by atoms with E-state index in [2.05, 4.69) is 10.1 Å². The molecular formula is C10H12N2O3. The third-order valence-electron chi connectivity index (χ3n) is 1.81. The molecule has 15 heavy (non-hydrogen) atoms. The Bertz CT molecular complexity index is 377. The monoisotopic (exact) mass is 208 g/mol. The maximum Gasteiger partial charge on any atom is 0.325 e. The Labute approximate surface area is 87.2 Å². The van der Waals surface area contributed by atoms with Crippen molar-refractivity contribution in [1.29, 1.82) is 0 Å². The first-order chi connectivity index (χ1) is 7.13. The second-order valence-electron chi connectivity index (χ2n) is 2.87. The van der Waals surface area contributed by atoms with E-state index < -0.39 is 5.91 Å². The largest absolute Gasteiger partial charge is 0.468 e. The smallest absolute Gasteiger partial charge is 0.325 e. The number of benzene rings is 1. The van der Waals surface area contributed by atoms with Gasteiger partial charge in [-0.25, -0.2) is 0 Å². The lowest BCUT2D eigenvalue weighted by atomic mass is 10.2. The maximum atomic E-state index is 10.9. The van der Waals surface area contributed by atoms with E-state index in [0.717, 1.165) is 0 Å². The molecule has 1 aromatic carbocycles. The summed E-state index contributed by atoms with van der Waals surface area (Å²) in [5.41, 5.74) is 6.15. The van der Waals surface area contributed by atoms with Crippen LogP contribution in [0.4, 0.5) is 5.69 Å². The highest BCUT2D eigenvalue weighted by Crippen LogP contribution is 2.09. The number of esters is 1. The molecule has 1 aromatic rings. The van der Waals surface area contributed by atoms with E-state index >= 15 is 0 Å². The predicted molar refractivity (Wildman–Crippen MR) is 55.5 cm³/mol. The molecule has 0 spiro atoms. The summed E-state index contributed by atoms with van der Waals surface area (Å²) in [5.74, 6) is -0.879. The van der Waals surface area contributed by atoms with Gasteiger partial charge in [0.1, 0.15) is 6.54 Å². The summed E-state index contributed by atoms with van der Waals surface area (Å²) in [6.07, 6.45) is 0. The highest BCUT2D eigenvalue weighted by atomic mass is 16.5. The van der Waals surface area contributed by atoms with Crippen LogP contribution >= 0.6 is 0 Å². The minimum Gasteiger partial charge on any atom is -0.468 e. The highest BCUT2D eigenvalue weighted by molar-refractivity contribution is 5.93. The van der Waals surface area contributed by atoms with Gasteiger partial charge in [0.25, 0.3) is 0 Å². The van der Waals surface area contributed by atoms with Crippen molar-refractivity contribution in [2.45, 2.75) is 0 Å². The van der Waals surface area contributed by atoms with E-state index in [1.165, 1.54) is 7.11 Å². The first-order valence-corrected chi connectivity index (χ1v) is 4.34. The number of ether oxygens (including phenoxy) is 1. The van der Waals surface area contributed by atoms with Crippen molar-refractivity contribution in [3.05, 3.63) is 29.8 Å². The summed E-state index contributed by atoms with van der Waals surface area (Å²) in [5, 5.41) is 2.81. The molecule has 1 rings (SSSR count). The number of nitrogens with two attached hydrogens (primary N) is 1. The van der Waals surface area contributed by atoms with E-state index in [4.69, 9.17) is 5.73 Å². The molecular weight excluding hydrogens is 196 g/mol. The molecule has 0 radical (unpaired) electrons. The Morgan fingerprint density at radius 3 is 2.80 bits per heavy atom. The molecule has 80 valence electrons. The molecule has 0 aliphatic heterocycles. The quantitative estimate of drug-likeness (QED) is 0.700. The fraction of sp³-hybridized carbons (Fsp3) is 0.200. The Hall–Kier alpha value is -2.04. The molecule has 1 amide bonds. The van der Waals surface area contributed by atoms with Gasteiger partial charge in [0.05, 0.1) is 7.11 Å². The van der Waals surface area contributed by atoms with Crippen LogP contribution in [0.2, 0.25) is 0 Å². The molecule has 0 unspecified atom stereocenters. The summed E-state index contributed by atoms with van der Waals surface area (Å²) >= 11 is 0. The number of carbonyl (C=O) groups is 2. The van der Waals surface area contributed by atoms with E-state index in [0.29, 0.717) is 11.3 Å². The standard InChI is InChI=1S/C10H12N2O3/c1-15-9(13)6-12-8-4-2-3-7(5-8)10(11)14/h2-5,12H,6H2,1H3,(H2,11,14). The van der Waals surface area contributed by atoms with Gasteiger partial charge in [0.2, 0.25) is 5.91 Å². The Morgan fingerprint density at radius 1 is 1.47 bits per heavy atom. The van der Waals surface area contributed by atoms with Crippen molar-refractivity contribution >= 4 is 17.6 Å². The van der Waals surface area contributed by atoms with Crippen LogP contribution in [0.25, 0.3) is 0 Å². The summed E-state index contributed by atoms with van der Waals surface area (Å²) in [6, 6.07) is 6.59. The van der Waals surface area contributed by atoms with E-state index in [1.807, 2.05) is 0 Å². The molecule has 0 saturated carbocycles. The number of hydrogen-bond acceptors (Lipinski definition) is 4. The van der Waals surface area contributed by atoms with Gasteiger partial charge >= 0.3 is 5.97 Å². The highest BCUT2D eigenvalue weighted by Gasteiger charge is 2.02. The summed E-state index contributed by atoms with van der Waals surface area (Å²) in [6.45, 7) is 0.0543. The van der Waals surface area contributed by atoms with Gasteiger partial charge in [0.15, 0.2) is 0 Å². The Morgan fingerprint density at radius 2 is 2.20 bits per heavy atom. The average Bonchev–Trinajstić information content (AvgIpc) is 2.26. The zero-order valence-corrected chi connectivity index (χ0v) is 8.32. The van der Waals surface area contributed by atoms with Crippen LogP contribution < -0.4 is 11.1 Å². The second-order valence-corrected chi connectivity index (χ2v) is 2.87. The van der Waals surface area contributed by atoms with E-state index in [1.54, 1.807) is 24.3 Å². The molecule has 0 aromatic heterocycles. The fourth-order valence-corrected chi connectivity index (χ4v) is 1.03. The molecule has 5 nitrogen and oxygen atoms in total. The van der Waals surface area contributed by atoms with Crippen molar-refractivity contribution in [2.24, 2.45) is 5.73 Å². The van der Waals surface area contributed by atoms with Crippen molar-refractivity contribution in [2.75, 3.05) is 19.0 Å². The normalized spacial score (nSPS) is 9.40. The predicted octanol–water partition coefficient (Wildman–Crippen LogP) is 0.370. The third kappa shape index (κ3) is 3.30. The van der Waals surface area contributed by atoms with Gasteiger partial charge in [-0.15, -0.1) is 0 Å². The van der Waals surface area contributed by atoms with Crippen LogP contribution in [0, 0.1) is 0 Å². The number of nitrogens with one attached hydrogen (secondary N) is 1. The van der Waals surface area contributed by atoms with Crippen LogP contribution in [0.15, 0.2) is 24.3 Å². The van der Waals surface area contributed by atoms with Crippen LogP contribution in [0.3, 0.4) is 0 Å². The van der Waals surface area contributed by atoms with E-state index in [9.17, 15) is 9.59 Å². The summed E-state index contributed by atoms with van der Waals surface area (Å²) < 4.78 is 4.46. The summed E-state index contributed by atoms with van der Waals surface area (Å²) in [4.78, 5) is 21.7. The molecule has 3 N–H and O–H groups in total. The number of amides is 1. The molecule has 0 aliphatic carbocycles. The lowest BCUT2D eigenvalue weighted by Gasteiger charge is -2.05. The zero-order chi connectivity index (χ0) is 11.3. The van der Waals surface area contributed by atoms with Gasteiger partial charge in [-0.05, 0) is 18.2 Å². The van der Waals surface area contributed by atoms with Crippen molar-refractivity contribution in [3.63, 3.8) is 0 Å². The first-order valence-electron chi connectivity index (χ1n) is 4.34. The molecule has 0 saturated heterocycles. The second kappa shape index (κ2) is 4.99. The Balaban J connectivity index is 2.66. The SMILES string of the molecule is COC(=O)CNc1cccc(C(N)=O)c1. The molecule has 0 atom stereocenters. The van der Waals surface area contributed by atoms with Gasteiger partial charge in [-0.1, -0.05) is 6.07 Å². The minimum atomic E-state index is -0.503. The number of methoxy groups -OCH3 is 1. The maximum absolute atomic E-state index is 10.9. The van der Waals surface area contributed by atoms with Crippen molar-refractivity contribution < 1.29 is 14.3 Å². The van der Waals surface area contributed by atoms with Crippen LogP contribution in [0.1, 0.15) is 10.4 Å². The number of primary amides is 1. The van der Waals surface area contributed by atoms with Crippen molar-refractivity contribution in [3.8, 4) is 0 Å². The number of anilines is 1. The van der Waals surface area contributed by atoms with Crippen LogP contribution in [-0.4, -0.2) is 25.5 Å². The summed E-state index contributed by atoms with van der Waals surface area (Å²) in [7, 11) is 1.31. The third-order valence-corrected chi connectivity index (χ3v) is 1.81. The molecule has 5 heteroatoms. The minimum absolute atomic E-state index is 0.0543. The fourth-order valence-electron chi connectivity index (χ4n) is 1.03. The van der Waals surface area contributed by atoms with Crippen LogP contribution in [-0.2, 0) is 9.53 Å². The van der Waals surface area contributed by atoms with Gasteiger partial charge in [0, 0.05) is 11.3 Å². The first kappa shape index (κ1) is 11.0. The van der Waals surface area contributed by atoms with Gasteiger partial charge < -0.3 is 15.8 Å². The van der Waals surface area contributed by atoms with Crippen molar-refractivity contribution in [1.82, 2.24) is 0 Å². The van der Waals surface area contributed by atoms with E-state index in [-0.39, 0.29) is 12.5 Å². The zero-order valence-electron chi connectivity index (χ0n) is 8.32. The number of carbonyl (C=O) groups excluding carboxylic acids is 2. The van der Waals surface area contributed by atoms with Gasteiger partial charge in [-0.2, -0.15) is 0 Å². The number of hydrogen-bond donors (Lipinski definition) is 2. The lowest BCUT2D eigenvalue weighted by Crippen LogP contribution is -2.16. The molecule has 0 aliphatic rings.